The molecule has 0 fully saturated rings. The molecule has 0 radical (unpaired) electrons. The molecule has 0 aliphatic rings. The van der Waals surface area contributed by atoms with Crippen molar-refractivity contribution in [2.24, 2.45) is 0 Å². The number of hydrogen-bond acceptors (Lipinski definition) is 4. The number of aromatic nitrogens is 3. The zero-order valence-electron chi connectivity index (χ0n) is 18.9. The summed E-state index contributed by atoms with van der Waals surface area (Å²) in [4.78, 5) is 18.1. The number of carbonyl (C=O) groups excluding carboxylic acids is 1. The van der Waals surface area contributed by atoms with E-state index >= 15 is 0 Å². The van der Waals surface area contributed by atoms with Crippen LogP contribution in [0.15, 0.2) is 85.1 Å². The van der Waals surface area contributed by atoms with E-state index in [4.69, 9.17) is 5.26 Å². The van der Waals surface area contributed by atoms with E-state index in [0.29, 0.717) is 40.3 Å². The fourth-order valence-electron chi connectivity index (χ4n) is 3.91. The molecule has 0 bridgehead atoms. The zero-order chi connectivity index (χ0) is 24.4. The molecular formula is C28H20FN5O. The fraction of sp³-hybridized carbons (Fsp3) is 0.0714. The predicted molar refractivity (Wildman–Crippen MR) is 132 cm³/mol. The van der Waals surface area contributed by atoms with Crippen molar-refractivity contribution in [3.63, 3.8) is 0 Å². The minimum atomic E-state index is -0.332. The molecule has 0 saturated heterocycles. The van der Waals surface area contributed by atoms with Crippen LogP contribution in [0.3, 0.4) is 0 Å². The Morgan fingerprint density at radius 2 is 1.80 bits per heavy atom. The van der Waals surface area contributed by atoms with E-state index in [1.807, 2.05) is 43.3 Å². The van der Waals surface area contributed by atoms with Crippen LogP contribution in [-0.4, -0.2) is 20.7 Å². The van der Waals surface area contributed by atoms with Gasteiger partial charge in [-0.2, -0.15) is 10.4 Å². The number of nitriles is 1. The third-order valence-corrected chi connectivity index (χ3v) is 5.72. The number of anilines is 1. The van der Waals surface area contributed by atoms with Crippen molar-refractivity contribution in [1.29, 1.82) is 5.26 Å². The molecule has 35 heavy (non-hydrogen) atoms. The third-order valence-electron chi connectivity index (χ3n) is 5.72. The molecule has 6 nitrogen and oxygen atoms in total. The van der Waals surface area contributed by atoms with Gasteiger partial charge in [0.05, 0.1) is 46.3 Å². The van der Waals surface area contributed by atoms with Crippen molar-refractivity contribution in [2.45, 2.75) is 13.5 Å². The Balaban J connectivity index is 1.44. The minimum absolute atomic E-state index is 0.284. The maximum absolute atomic E-state index is 13.4. The van der Waals surface area contributed by atoms with Gasteiger partial charge in [-0.25, -0.2) is 9.37 Å². The van der Waals surface area contributed by atoms with Crippen molar-refractivity contribution in [3.8, 4) is 17.3 Å². The Morgan fingerprint density at radius 1 is 1.06 bits per heavy atom. The van der Waals surface area contributed by atoms with E-state index in [-0.39, 0.29) is 11.7 Å². The summed E-state index contributed by atoms with van der Waals surface area (Å²) in [6.45, 7) is 2.34. The smallest absolute Gasteiger partial charge is 0.256 e. The van der Waals surface area contributed by atoms with Gasteiger partial charge in [0.15, 0.2) is 0 Å². The largest absolute Gasteiger partial charge is 0.319 e. The van der Waals surface area contributed by atoms with Crippen LogP contribution in [0.4, 0.5) is 10.1 Å². The van der Waals surface area contributed by atoms with E-state index in [9.17, 15) is 9.18 Å². The highest BCUT2D eigenvalue weighted by molar-refractivity contribution is 6.13. The molecule has 5 aromatic rings. The Bertz CT molecular complexity index is 1580. The van der Waals surface area contributed by atoms with Crippen LogP contribution in [0.5, 0.6) is 0 Å². The second kappa shape index (κ2) is 9.20. The Morgan fingerprint density at radius 3 is 2.54 bits per heavy atom. The number of nitrogens with zero attached hydrogens (tertiary/aromatic N) is 4. The molecule has 5 rings (SSSR count). The SMILES string of the molecule is Cc1nn(Cc2ccc(C#N)cc2)cc1NC(=O)c1cc(-c2ccc(F)cc2)nc2ccccc12. The van der Waals surface area contributed by atoms with Gasteiger partial charge in [-0.05, 0) is 61.0 Å². The first-order chi connectivity index (χ1) is 17.0. The molecule has 0 unspecified atom stereocenters. The fourth-order valence-corrected chi connectivity index (χ4v) is 3.91. The second-order valence-corrected chi connectivity index (χ2v) is 8.17. The minimum Gasteiger partial charge on any atom is -0.319 e. The average molecular weight is 462 g/mol. The van der Waals surface area contributed by atoms with Gasteiger partial charge < -0.3 is 5.32 Å². The van der Waals surface area contributed by atoms with Crippen molar-refractivity contribution in [2.75, 3.05) is 5.32 Å². The molecule has 0 aliphatic carbocycles. The van der Waals surface area contributed by atoms with Gasteiger partial charge >= 0.3 is 0 Å². The summed E-state index contributed by atoms with van der Waals surface area (Å²) in [7, 11) is 0. The molecule has 170 valence electrons. The number of fused-ring (bicyclic) bond motifs is 1. The zero-order valence-corrected chi connectivity index (χ0v) is 18.9. The van der Waals surface area contributed by atoms with Crippen LogP contribution >= 0.6 is 0 Å². The van der Waals surface area contributed by atoms with Gasteiger partial charge in [-0.3, -0.25) is 9.48 Å². The van der Waals surface area contributed by atoms with Gasteiger partial charge in [-0.15, -0.1) is 0 Å². The number of rotatable bonds is 5. The Labute approximate surface area is 201 Å². The Kier molecular flexibility index (Phi) is 5.78. The second-order valence-electron chi connectivity index (χ2n) is 8.17. The maximum Gasteiger partial charge on any atom is 0.256 e. The molecular weight excluding hydrogens is 441 g/mol. The van der Waals surface area contributed by atoms with E-state index < -0.39 is 0 Å². The highest BCUT2D eigenvalue weighted by atomic mass is 19.1. The molecule has 3 aromatic carbocycles. The van der Waals surface area contributed by atoms with Crippen LogP contribution in [0.1, 0.15) is 27.2 Å². The van der Waals surface area contributed by atoms with Gasteiger partial charge in [0, 0.05) is 17.1 Å². The van der Waals surface area contributed by atoms with E-state index in [0.717, 1.165) is 16.5 Å². The lowest BCUT2D eigenvalue weighted by molar-refractivity contribution is 0.102. The first-order valence-electron chi connectivity index (χ1n) is 11.0. The standard InChI is InChI=1S/C28H20FN5O/c1-18-27(17-34(33-18)16-20-8-6-19(15-30)7-9-20)32-28(35)24-14-26(21-10-12-22(29)13-11-21)31-25-5-3-2-4-23(24)25/h2-14,17H,16H2,1H3,(H,32,35). The lowest BCUT2D eigenvalue weighted by Gasteiger charge is -2.10. The number of carbonyl (C=O) groups is 1. The quantitative estimate of drug-likeness (QED) is 0.363. The van der Waals surface area contributed by atoms with Crippen LogP contribution in [0.2, 0.25) is 0 Å². The van der Waals surface area contributed by atoms with Gasteiger partial charge in [0.2, 0.25) is 0 Å². The number of hydrogen-bond donors (Lipinski definition) is 1. The molecule has 2 heterocycles. The predicted octanol–water partition coefficient (Wildman–Crippen LogP) is 5.72. The maximum atomic E-state index is 13.4. The summed E-state index contributed by atoms with van der Waals surface area (Å²) >= 11 is 0. The lowest BCUT2D eigenvalue weighted by atomic mass is 10.0. The molecule has 0 atom stereocenters. The number of pyridine rings is 1. The summed E-state index contributed by atoms with van der Waals surface area (Å²) in [6, 6.07) is 24.6. The molecule has 7 heteroatoms. The molecule has 2 aromatic heterocycles. The summed E-state index contributed by atoms with van der Waals surface area (Å²) in [5.74, 6) is -0.617. The van der Waals surface area contributed by atoms with Crippen molar-refractivity contribution >= 4 is 22.5 Å². The first kappa shape index (κ1) is 22.0. The molecule has 0 aliphatic heterocycles. The number of aryl methyl sites for hydroxylation is 1. The van der Waals surface area contributed by atoms with Gasteiger partial charge in [0.1, 0.15) is 5.82 Å². The van der Waals surface area contributed by atoms with Crippen LogP contribution < -0.4 is 5.32 Å². The molecule has 1 N–H and O–H groups in total. The summed E-state index contributed by atoms with van der Waals surface area (Å²) in [6.07, 6.45) is 1.79. The highest BCUT2D eigenvalue weighted by Crippen LogP contribution is 2.26. The van der Waals surface area contributed by atoms with E-state index in [2.05, 4.69) is 21.5 Å². The summed E-state index contributed by atoms with van der Waals surface area (Å²) < 4.78 is 15.2. The van der Waals surface area contributed by atoms with Crippen molar-refractivity contribution in [3.05, 3.63) is 113 Å². The number of nitrogens with one attached hydrogen (secondary N) is 1. The van der Waals surface area contributed by atoms with Crippen LogP contribution in [0, 0.1) is 24.1 Å². The topological polar surface area (TPSA) is 83.6 Å². The number of para-hydroxylation sites is 1. The highest BCUT2D eigenvalue weighted by Gasteiger charge is 2.16. The summed E-state index contributed by atoms with van der Waals surface area (Å²) in [5.41, 5.74) is 5.33. The van der Waals surface area contributed by atoms with Gasteiger partial charge in [0.25, 0.3) is 5.91 Å². The van der Waals surface area contributed by atoms with Crippen LogP contribution in [-0.2, 0) is 6.54 Å². The number of halogens is 1. The van der Waals surface area contributed by atoms with Crippen molar-refractivity contribution in [1.82, 2.24) is 14.8 Å². The lowest BCUT2D eigenvalue weighted by Crippen LogP contribution is -2.13. The van der Waals surface area contributed by atoms with Gasteiger partial charge in [-0.1, -0.05) is 30.3 Å². The van der Waals surface area contributed by atoms with Crippen molar-refractivity contribution < 1.29 is 9.18 Å². The number of benzene rings is 3. The third kappa shape index (κ3) is 4.63. The van der Waals surface area contributed by atoms with E-state index in [1.54, 1.807) is 41.2 Å². The van der Waals surface area contributed by atoms with E-state index in [1.165, 1.54) is 12.1 Å². The first-order valence-corrected chi connectivity index (χ1v) is 11.0. The normalized spacial score (nSPS) is 10.8. The Hall–Kier alpha value is -4.83. The molecule has 0 saturated carbocycles. The molecule has 1 amide bonds. The summed E-state index contributed by atoms with van der Waals surface area (Å²) in [5, 5.41) is 17.2. The molecule has 0 spiro atoms. The average Bonchev–Trinajstić information content (AvgIpc) is 3.22. The monoisotopic (exact) mass is 461 g/mol. The van der Waals surface area contributed by atoms with Crippen LogP contribution in [0.25, 0.3) is 22.2 Å². The number of amides is 1.